The van der Waals surface area contributed by atoms with Gasteiger partial charge >= 0.3 is 0 Å². The van der Waals surface area contributed by atoms with Gasteiger partial charge in [0, 0.05) is 25.1 Å². The summed E-state index contributed by atoms with van der Waals surface area (Å²) in [4.78, 5) is 1.78. The quantitative estimate of drug-likeness (QED) is 0.781. The van der Waals surface area contributed by atoms with Crippen molar-refractivity contribution in [1.82, 2.24) is 5.32 Å². The van der Waals surface area contributed by atoms with Crippen molar-refractivity contribution in [2.24, 2.45) is 0 Å². The SMILES string of the molecule is COCCNCc1cccc(F)c1Sc1ccccc1C. The van der Waals surface area contributed by atoms with Crippen LogP contribution < -0.4 is 5.32 Å². The van der Waals surface area contributed by atoms with Crippen molar-refractivity contribution >= 4 is 11.8 Å². The molecule has 0 aliphatic carbocycles. The van der Waals surface area contributed by atoms with Crippen LogP contribution in [0, 0.1) is 12.7 Å². The molecule has 0 aliphatic rings. The normalized spacial score (nSPS) is 10.8. The van der Waals surface area contributed by atoms with Gasteiger partial charge in [-0.1, -0.05) is 42.1 Å². The van der Waals surface area contributed by atoms with Crippen LogP contribution >= 0.6 is 11.8 Å². The topological polar surface area (TPSA) is 21.3 Å². The monoisotopic (exact) mass is 305 g/mol. The van der Waals surface area contributed by atoms with Crippen LogP contribution in [0.1, 0.15) is 11.1 Å². The Bertz CT molecular complexity index is 589. The van der Waals surface area contributed by atoms with Gasteiger partial charge in [0.2, 0.25) is 0 Å². The van der Waals surface area contributed by atoms with Gasteiger partial charge in [0.15, 0.2) is 0 Å². The second-order valence-corrected chi connectivity index (χ2v) is 5.82. The first-order valence-corrected chi connectivity index (χ1v) is 7.74. The average molecular weight is 305 g/mol. The molecule has 21 heavy (non-hydrogen) atoms. The molecule has 0 aliphatic heterocycles. The number of rotatable bonds is 7. The molecular weight excluding hydrogens is 285 g/mol. The number of aryl methyl sites for hydroxylation is 1. The Hall–Kier alpha value is -1.36. The van der Waals surface area contributed by atoms with Gasteiger partial charge in [-0.05, 0) is 30.2 Å². The second kappa shape index (κ2) is 8.17. The maximum Gasteiger partial charge on any atom is 0.137 e. The maximum absolute atomic E-state index is 14.2. The minimum absolute atomic E-state index is 0.172. The molecule has 1 N–H and O–H groups in total. The van der Waals surface area contributed by atoms with Gasteiger partial charge in [0.1, 0.15) is 5.82 Å². The van der Waals surface area contributed by atoms with Crippen LogP contribution in [0.25, 0.3) is 0 Å². The number of methoxy groups -OCH3 is 1. The van der Waals surface area contributed by atoms with E-state index in [0.717, 1.165) is 22.6 Å². The fourth-order valence-corrected chi connectivity index (χ4v) is 3.02. The summed E-state index contributed by atoms with van der Waals surface area (Å²) in [6, 6.07) is 13.3. The number of hydrogen-bond acceptors (Lipinski definition) is 3. The van der Waals surface area contributed by atoms with E-state index in [4.69, 9.17) is 4.74 Å². The molecule has 0 unspecified atom stereocenters. The summed E-state index contributed by atoms with van der Waals surface area (Å²) in [5.74, 6) is -0.172. The molecule has 112 valence electrons. The molecule has 0 amide bonds. The zero-order chi connectivity index (χ0) is 15.1. The summed E-state index contributed by atoms with van der Waals surface area (Å²) in [5.41, 5.74) is 2.13. The van der Waals surface area contributed by atoms with Crippen LogP contribution in [0.2, 0.25) is 0 Å². The van der Waals surface area contributed by atoms with Crippen molar-refractivity contribution in [3.63, 3.8) is 0 Å². The lowest BCUT2D eigenvalue weighted by molar-refractivity contribution is 0.199. The minimum atomic E-state index is -0.172. The zero-order valence-corrected chi connectivity index (χ0v) is 13.2. The first-order chi connectivity index (χ1) is 10.2. The molecule has 2 nitrogen and oxygen atoms in total. The van der Waals surface area contributed by atoms with Crippen LogP contribution in [0.15, 0.2) is 52.3 Å². The summed E-state index contributed by atoms with van der Waals surface area (Å²) in [7, 11) is 1.67. The highest BCUT2D eigenvalue weighted by Crippen LogP contribution is 2.34. The molecule has 0 saturated carbocycles. The van der Waals surface area contributed by atoms with E-state index in [1.807, 2.05) is 37.3 Å². The van der Waals surface area contributed by atoms with Crippen LogP contribution in [-0.4, -0.2) is 20.3 Å². The van der Waals surface area contributed by atoms with E-state index in [1.165, 1.54) is 17.8 Å². The van der Waals surface area contributed by atoms with Crippen LogP contribution in [-0.2, 0) is 11.3 Å². The van der Waals surface area contributed by atoms with Gasteiger partial charge in [-0.2, -0.15) is 0 Å². The molecule has 0 radical (unpaired) electrons. The third-order valence-corrected chi connectivity index (χ3v) is 4.49. The third-order valence-electron chi connectivity index (χ3n) is 3.15. The Labute approximate surface area is 129 Å². The van der Waals surface area contributed by atoms with E-state index in [0.29, 0.717) is 18.0 Å². The Morgan fingerprint density at radius 3 is 2.71 bits per heavy atom. The van der Waals surface area contributed by atoms with Crippen molar-refractivity contribution in [2.45, 2.75) is 23.3 Å². The summed E-state index contributed by atoms with van der Waals surface area (Å²) in [6.07, 6.45) is 0. The highest BCUT2D eigenvalue weighted by molar-refractivity contribution is 7.99. The van der Waals surface area contributed by atoms with Crippen molar-refractivity contribution in [3.05, 3.63) is 59.4 Å². The summed E-state index contributed by atoms with van der Waals surface area (Å²) < 4.78 is 19.2. The van der Waals surface area contributed by atoms with Crippen molar-refractivity contribution < 1.29 is 9.13 Å². The molecule has 0 fully saturated rings. The third kappa shape index (κ3) is 4.56. The lowest BCUT2D eigenvalue weighted by atomic mass is 10.2. The van der Waals surface area contributed by atoms with Gasteiger partial charge in [0.25, 0.3) is 0 Å². The summed E-state index contributed by atoms with van der Waals surface area (Å²) in [5, 5.41) is 3.27. The lowest BCUT2D eigenvalue weighted by Gasteiger charge is -2.12. The smallest absolute Gasteiger partial charge is 0.137 e. The van der Waals surface area contributed by atoms with Crippen molar-refractivity contribution in [2.75, 3.05) is 20.3 Å². The van der Waals surface area contributed by atoms with E-state index in [1.54, 1.807) is 13.2 Å². The molecule has 2 aromatic carbocycles. The van der Waals surface area contributed by atoms with Crippen LogP contribution in [0.5, 0.6) is 0 Å². The minimum Gasteiger partial charge on any atom is -0.383 e. The largest absolute Gasteiger partial charge is 0.383 e. The highest BCUT2D eigenvalue weighted by atomic mass is 32.2. The molecule has 4 heteroatoms. The second-order valence-electron chi connectivity index (χ2n) is 4.77. The first kappa shape index (κ1) is 16.0. The van der Waals surface area contributed by atoms with Crippen LogP contribution in [0.3, 0.4) is 0 Å². The van der Waals surface area contributed by atoms with Gasteiger partial charge < -0.3 is 10.1 Å². The van der Waals surface area contributed by atoms with Gasteiger partial charge in [0.05, 0.1) is 11.5 Å². The van der Waals surface area contributed by atoms with E-state index < -0.39 is 0 Å². The van der Waals surface area contributed by atoms with E-state index >= 15 is 0 Å². The first-order valence-electron chi connectivity index (χ1n) is 6.93. The van der Waals surface area contributed by atoms with E-state index in [9.17, 15) is 4.39 Å². The summed E-state index contributed by atoms with van der Waals surface area (Å²) in [6.45, 7) is 4.08. The van der Waals surface area contributed by atoms with Gasteiger partial charge in [-0.25, -0.2) is 4.39 Å². The fraction of sp³-hybridized carbons (Fsp3) is 0.294. The Kier molecular flexibility index (Phi) is 6.23. The zero-order valence-electron chi connectivity index (χ0n) is 12.4. The molecule has 0 aromatic heterocycles. The number of nitrogens with one attached hydrogen (secondary N) is 1. The maximum atomic E-state index is 14.2. The lowest BCUT2D eigenvalue weighted by Crippen LogP contribution is -2.19. The highest BCUT2D eigenvalue weighted by Gasteiger charge is 2.11. The molecule has 2 rings (SSSR count). The molecule has 0 saturated heterocycles. The van der Waals surface area contributed by atoms with E-state index in [-0.39, 0.29) is 5.82 Å². The van der Waals surface area contributed by atoms with Gasteiger partial charge in [-0.15, -0.1) is 0 Å². The van der Waals surface area contributed by atoms with Crippen molar-refractivity contribution in [1.29, 1.82) is 0 Å². The Morgan fingerprint density at radius 1 is 1.14 bits per heavy atom. The molecule has 0 atom stereocenters. The molecule has 0 spiro atoms. The number of benzene rings is 2. The molecular formula is C17H20FNOS. The predicted molar refractivity (Wildman–Crippen MR) is 85.3 cm³/mol. The Morgan fingerprint density at radius 2 is 1.95 bits per heavy atom. The average Bonchev–Trinajstić information content (AvgIpc) is 2.49. The van der Waals surface area contributed by atoms with E-state index in [2.05, 4.69) is 5.32 Å². The Balaban J connectivity index is 2.16. The number of ether oxygens (including phenoxy) is 1. The number of halogens is 1. The van der Waals surface area contributed by atoms with Crippen LogP contribution in [0.4, 0.5) is 4.39 Å². The molecule has 2 aromatic rings. The molecule has 0 bridgehead atoms. The number of hydrogen-bond donors (Lipinski definition) is 1. The van der Waals surface area contributed by atoms with Gasteiger partial charge in [-0.3, -0.25) is 0 Å². The standard InChI is InChI=1S/C17H20FNOS/c1-13-6-3-4-9-16(13)21-17-14(7-5-8-15(17)18)12-19-10-11-20-2/h3-9,19H,10-12H2,1-2H3. The fourth-order valence-electron chi connectivity index (χ4n) is 1.99. The predicted octanol–water partition coefficient (Wildman–Crippen LogP) is 4.02. The van der Waals surface area contributed by atoms with Crippen molar-refractivity contribution in [3.8, 4) is 0 Å². The summed E-state index contributed by atoms with van der Waals surface area (Å²) >= 11 is 1.48. The molecule has 0 heterocycles.